The molecule has 1 N–H and O–H groups in total. The fourth-order valence-corrected chi connectivity index (χ4v) is 2.46. The first-order valence-electron chi connectivity index (χ1n) is 6.49. The van der Waals surface area contributed by atoms with Gasteiger partial charge in [0.1, 0.15) is 0 Å². The summed E-state index contributed by atoms with van der Waals surface area (Å²) in [7, 11) is 0. The molecule has 1 aromatic heterocycles. The first-order chi connectivity index (χ1) is 8.84. The van der Waals surface area contributed by atoms with Crippen LogP contribution in [0.4, 0.5) is 5.69 Å². The van der Waals surface area contributed by atoms with Crippen LogP contribution in [0.1, 0.15) is 0 Å². The molecule has 0 unspecified atom stereocenters. The Morgan fingerprint density at radius 2 is 1.83 bits per heavy atom. The van der Waals surface area contributed by atoms with Gasteiger partial charge >= 0.3 is 0 Å². The molecule has 1 amide bonds. The summed E-state index contributed by atoms with van der Waals surface area (Å²) in [6.07, 6.45) is 3.62. The predicted octanol–water partition coefficient (Wildman–Crippen LogP) is -0.0504. The molecule has 0 bridgehead atoms. The molecule has 5 nitrogen and oxygen atoms in total. The molecule has 0 aliphatic carbocycles. The van der Waals surface area contributed by atoms with Crippen molar-refractivity contribution in [3.8, 4) is 0 Å². The largest absolute Gasteiger partial charge is 0.368 e. The van der Waals surface area contributed by atoms with E-state index in [2.05, 4.69) is 15.2 Å². The Balaban J connectivity index is 1.56. The molecular weight excluding hydrogens is 228 g/mol. The Bertz CT molecular complexity index is 410. The van der Waals surface area contributed by atoms with Crippen LogP contribution >= 0.6 is 0 Å². The maximum Gasteiger partial charge on any atom is 0.228 e. The highest BCUT2D eigenvalue weighted by molar-refractivity contribution is 5.80. The van der Waals surface area contributed by atoms with Gasteiger partial charge in [0.05, 0.1) is 5.92 Å². The van der Waals surface area contributed by atoms with Gasteiger partial charge in [-0.05, 0) is 12.1 Å². The van der Waals surface area contributed by atoms with Crippen molar-refractivity contribution >= 4 is 11.6 Å². The fraction of sp³-hybridized carbons (Fsp3) is 0.538. The number of anilines is 1. The Labute approximate surface area is 107 Å². The van der Waals surface area contributed by atoms with Crippen LogP contribution < -0.4 is 10.2 Å². The van der Waals surface area contributed by atoms with Crippen molar-refractivity contribution in [3.63, 3.8) is 0 Å². The minimum atomic E-state index is 0.220. The van der Waals surface area contributed by atoms with Crippen molar-refractivity contribution < 1.29 is 4.79 Å². The number of piperazine rings is 1. The second-order valence-corrected chi connectivity index (χ2v) is 4.87. The van der Waals surface area contributed by atoms with E-state index in [-0.39, 0.29) is 5.92 Å². The van der Waals surface area contributed by atoms with E-state index in [4.69, 9.17) is 0 Å². The lowest BCUT2D eigenvalue weighted by atomic mass is 10.0. The van der Waals surface area contributed by atoms with Gasteiger partial charge in [-0.15, -0.1) is 0 Å². The molecule has 0 atom stereocenters. The molecule has 5 heteroatoms. The second kappa shape index (κ2) is 4.94. The average Bonchev–Trinajstić information content (AvgIpc) is 2.38. The van der Waals surface area contributed by atoms with Gasteiger partial charge in [0.15, 0.2) is 0 Å². The highest BCUT2D eigenvalue weighted by atomic mass is 16.2. The fourth-order valence-electron chi connectivity index (χ4n) is 2.46. The van der Waals surface area contributed by atoms with Crippen LogP contribution in [0.15, 0.2) is 24.5 Å². The molecule has 0 radical (unpaired) electrons. The van der Waals surface area contributed by atoms with E-state index in [1.54, 1.807) is 0 Å². The minimum Gasteiger partial charge on any atom is -0.368 e. The number of hydrogen-bond acceptors (Lipinski definition) is 4. The number of amides is 1. The molecule has 96 valence electrons. The summed E-state index contributed by atoms with van der Waals surface area (Å²) >= 11 is 0. The SMILES string of the molecule is O=C(C1CNC1)N1CCN(c2ccncc2)CC1. The van der Waals surface area contributed by atoms with Gasteiger partial charge in [-0.2, -0.15) is 0 Å². The maximum atomic E-state index is 12.1. The van der Waals surface area contributed by atoms with Crippen LogP contribution in [-0.4, -0.2) is 55.1 Å². The average molecular weight is 246 g/mol. The van der Waals surface area contributed by atoms with E-state index in [1.165, 1.54) is 5.69 Å². The van der Waals surface area contributed by atoms with E-state index in [0.717, 1.165) is 39.3 Å². The minimum absolute atomic E-state index is 0.220. The third-order valence-electron chi connectivity index (χ3n) is 3.75. The molecule has 3 rings (SSSR count). The van der Waals surface area contributed by atoms with Crippen molar-refractivity contribution in [1.82, 2.24) is 15.2 Å². The first-order valence-corrected chi connectivity index (χ1v) is 6.49. The molecule has 2 fully saturated rings. The lowest BCUT2D eigenvalue weighted by molar-refractivity contribution is -0.137. The number of nitrogens with zero attached hydrogens (tertiary/aromatic N) is 3. The molecule has 0 aromatic carbocycles. The van der Waals surface area contributed by atoms with Crippen LogP contribution in [-0.2, 0) is 4.79 Å². The molecule has 2 aliphatic heterocycles. The van der Waals surface area contributed by atoms with Gasteiger partial charge in [-0.1, -0.05) is 0 Å². The summed E-state index contributed by atoms with van der Waals surface area (Å²) in [6, 6.07) is 4.04. The van der Waals surface area contributed by atoms with Gasteiger partial charge < -0.3 is 15.1 Å². The lowest BCUT2D eigenvalue weighted by Crippen LogP contribution is -2.56. The molecule has 0 saturated carbocycles. The van der Waals surface area contributed by atoms with Crippen LogP contribution in [0, 0.1) is 5.92 Å². The lowest BCUT2D eigenvalue weighted by Gasteiger charge is -2.39. The number of aromatic nitrogens is 1. The normalized spacial score (nSPS) is 20.7. The van der Waals surface area contributed by atoms with Gasteiger partial charge in [0, 0.05) is 57.3 Å². The van der Waals surface area contributed by atoms with E-state index in [0.29, 0.717) is 5.91 Å². The number of rotatable bonds is 2. The number of hydrogen-bond donors (Lipinski definition) is 1. The van der Waals surface area contributed by atoms with Crippen molar-refractivity contribution in [2.45, 2.75) is 0 Å². The van der Waals surface area contributed by atoms with Crippen molar-refractivity contribution in [3.05, 3.63) is 24.5 Å². The summed E-state index contributed by atoms with van der Waals surface area (Å²) in [4.78, 5) is 20.4. The summed E-state index contributed by atoms with van der Waals surface area (Å²) in [5.41, 5.74) is 1.20. The topological polar surface area (TPSA) is 48.5 Å². The monoisotopic (exact) mass is 246 g/mol. The van der Waals surface area contributed by atoms with Crippen LogP contribution in [0.5, 0.6) is 0 Å². The standard InChI is InChI=1S/C13H18N4O/c18-13(11-9-15-10-11)17-7-5-16(6-8-17)12-1-3-14-4-2-12/h1-4,11,15H,5-10H2. The second-order valence-electron chi connectivity index (χ2n) is 4.87. The third kappa shape index (κ3) is 2.18. The van der Waals surface area contributed by atoms with Gasteiger partial charge in [0.2, 0.25) is 5.91 Å². The number of pyridine rings is 1. The van der Waals surface area contributed by atoms with E-state index < -0.39 is 0 Å². The Hall–Kier alpha value is -1.62. The summed E-state index contributed by atoms with van der Waals surface area (Å²) in [5, 5.41) is 3.15. The molecule has 1 aromatic rings. The van der Waals surface area contributed by atoms with E-state index in [1.807, 2.05) is 29.4 Å². The predicted molar refractivity (Wildman–Crippen MR) is 69.4 cm³/mol. The first kappa shape index (κ1) is 11.5. The molecular formula is C13H18N4O. The summed E-state index contributed by atoms with van der Waals surface area (Å²) < 4.78 is 0. The zero-order valence-corrected chi connectivity index (χ0v) is 10.4. The summed E-state index contributed by atoms with van der Waals surface area (Å²) in [5.74, 6) is 0.542. The van der Waals surface area contributed by atoms with Crippen molar-refractivity contribution in [2.24, 2.45) is 5.92 Å². The van der Waals surface area contributed by atoms with Crippen LogP contribution in [0.3, 0.4) is 0 Å². The number of nitrogens with one attached hydrogen (secondary N) is 1. The Morgan fingerprint density at radius 3 is 2.39 bits per heavy atom. The third-order valence-corrected chi connectivity index (χ3v) is 3.75. The van der Waals surface area contributed by atoms with Gasteiger partial charge in [-0.25, -0.2) is 0 Å². The molecule has 3 heterocycles. The smallest absolute Gasteiger partial charge is 0.228 e. The molecule has 0 spiro atoms. The van der Waals surface area contributed by atoms with Crippen LogP contribution in [0.2, 0.25) is 0 Å². The van der Waals surface area contributed by atoms with E-state index in [9.17, 15) is 4.79 Å². The number of carbonyl (C=O) groups is 1. The van der Waals surface area contributed by atoms with E-state index >= 15 is 0 Å². The van der Waals surface area contributed by atoms with Gasteiger partial charge in [0.25, 0.3) is 0 Å². The van der Waals surface area contributed by atoms with Gasteiger partial charge in [-0.3, -0.25) is 9.78 Å². The van der Waals surface area contributed by atoms with Crippen molar-refractivity contribution in [2.75, 3.05) is 44.2 Å². The highest BCUT2D eigenvalue weighted by Gasteiger charge is 2.30. The molecule has 2 aliphatic rings. The zero-order valence-electron chi connectivity index (χ0n) is 10.4. The summed E-state index contributed by atoms with van der Waals surface area (Å²) in [6.45, 7) is 5.19. The Kier molecular flexibility index (Phi) is 3.15. The maximum absolute atomic E-state index is 12.1. The number of carbonyl (C=O) groups excluding carboxylic acids is 1. The zero-order chi connectivity index (χ0) is 12.4. The highest BCUT2D eigenvalue weighted by Crippen LogP contribution is 2.16. The Morgan fingerprint density at radius 1 is 1.17 bits per heavy atom. The molecule has 18 heavy (non-hydrogen) atoms. The van der Waals surface area contributed by atoms with Crippen LogP contribution in [0.25, 0.3) is 0 Å². The quantitative estimate of drug-likeness (QED) is 0.795. The molecule has 2 saturated heterocycles. The van der Waals surface area contributed by atoms with Crippen molar-refractivity contribution in [1.29, 1.82) is 0 Å².